The lowest BCUT2D eigenvalue weighted by molar-refractivity contribution is -0.157. The first-order valence-electron chi connectivity index (χ1n) is 6.64. The minimum absolute atomic E-state index is 0.110. The fourth-order valence-corrected chi connectivity index (χ4v) is 2.68. The third-order valence-electron chi connectivity index (χ3n) is 4.12. The summed E-state index contributed by atoms with van der Waals surface area (Å²) in [5.41, 5.74) is -0.235. The lowest BCUT2D eigenvalue weighted by Gasteiger charge is -2.44. The second kappa shape index (κ2) is 6.02. The molecular formula is C14H27NO3. The van der Waals surface area contributed by atoms with Crippen LogP contribution in [0.5, 0.6) is 0 Å². The highest BCUT2D eigenvalue weighted by atomic mass is 16.5. The number of methoxy groups -OCH3 is 2. The van der Waals surface area contributed by atoms with Gasteiger partial charge in [0.2, 0.25) is 0 Å². The van der Waals surface area contributed by atoms with Gasteiger partial charge in [0.05, 0.1) is 12.5 Å². The summed E-state index contributed by atoms with van der Waals surface area (Å²) in [6.07, 6.45) is 1.59. The molecule has 4 heteroatoms. The van der Waals surface area contributed by atoms with E-state index >= 15 is 0 Å². The monoisotopic (exact) mass is 257 g/mol. The maximum atomic E-state index is 12.1. The van der Waals surface area contributed by atoms with E-state index < -0.39 is 5.41 Å². The Hall–Kier alpha value is -0.610. The van der Waals surface area contributed by atoms with Gasteiger partial charge >= 0.3 is 5.97 Å². The Kier molecular flexibility index (Phi) is 5.17. The molecule has 0 unspecified atom stereocenters. The standard InChI is InChI=1S/C14H27NO3/c1-13(2,3)11-8-14(6-7-17-4,10-15-9-11)12(16)18-5/h11,15H,6-10H2,1-5H3/t11-,14-/m1/s1. The van der Waals surface area contributed by atoms with Crippen molar-refractivity contribution in [1.82, 2.24) is 5.32 Å². The van der Waals surface area contributed by atoms with Gasteiger partial charge in [0.15, 0.2) is 0 Å². The summed E-state index contributed by atoms with van der Waals surface area (Å²) in [4.78, 5) is 12.1. The van der Waals surface area contributed by atoms with Gasteiger partial charge in [-0.2, -0.15) is 0 Å². The van der Waals surface area contributed by atoms with Gasteiger partial charge in [-0.15, -0.1) is 0 Å². The van der Waals surface area contributed by atoms with Crippen LogP contribution < -0.4 is 5.32 Å². The van der Waals surface area contributed by atoms with E-state index in [-0.39, 0.29) is 11.4 Å². The molecule has 18 heavy (non-hydrogen) atoms. The van der Waals surface area contributed by atoms with Crippen LogP contribution in [-0.4, -0.2) is 39.9 Å². The highest BCUT2D eigenvalue weighted by Crippen LogP contribution is 2.41. The Morgan fingerprint density at radius 3 is 2.56 bits per heavy atom. The second-order valence-electron chi connectivity index (χ2n) is 6.41. The lowest BCUT2D eigenvalue weighted by Crippen LogP contribution is -2.52. The minimum Gasteiger partial charge on any atom is -0.469 e. The van der Waals surface area contributed by atoms with Crippen LogP contribution in [-0.2, 0) is 14.3 Å². The molecule has 1 heterocycles. The first-order valence-corrected chi connectivity index (χ1v) is 6.64. The van der Waals surface area contributed by atoms with Crippen LogP contribution >= 0.6 is 0 Å². The maximum Gasteiger partial charge on any atom is 0.313 e. The second-order valence-corrected chi connectivity index (χ2v) is 6.41. The minimum atomic E-state index is -0.430. The smallest absolute Gasteiger partial charge is 0.313 e. The van der Waals surface area contributed by atoms with E-state index in [0.29, 0.717) is 19.1 Å². The van der Waals surface area contributed by atoms with Crippen LogP contribution in [0.25, 0.3) is 0 Å². The molecule has 1 N–H and O–H groups in total. The lowest BCUT2D eigenvalue weighted by atomic mass is 9.66. The van der Waals surface area contributed by atoms with Crippen molar-refractivity contribution in [3.8, 4) is 0 Å². The molecule has 0 aromatic carbocycles. The number of ether oxygens (including phenoxy) is 2. The van der Waals surface area contributed by atoms with Crippen molar-refractivity contribution in [1.29, 1.82) is 0 Å². The summed E-state index contributed by atoms with van der Waals surface area (Å²) in [7, 11) is 3.14. The van der Waals surface area contributed by atoms with E-state index in [1.54, 1.807) is 7.11 Å². The third kappa shape index (κ3) is 3.45. The van der Waals surface area contributed by atoms with E-state index in [0.717, 1.165) is 19.4 Å². The fourth-order valence-electron chi connectivity index (χ4n) is 2.68. The molecule has 0 aliphatic carbocycles. The zero-order valence-corrected chi connectivity index (χ0v) is 12.3. The molecule has 1 saturated heterocycles. The molecule has 0 aromatic rings. The maximum absolute atomic E-state index is 12.1. The predicted molar refractivity (Wildman–Crippen MR) is 71.4 cm³/mol. The molecule has 4 nitrogen and oxygen atoms in total. The van der Waals surface area contributed by atoms with Crippen molar-refractivity contribution in [2.45, 2.75) is 33.6 Å². The zero-order valence-electron chi connectivity index (χ0n) is 12.3. The summed E-state index contributed by atoms with van der Waals surface area (Å²) in [5.74, 6) is 0.364. The van der Waals surface area contributed by atoms with Gasteiger partial charge in [-0.1, -0.05) is 20.8 Å². The van der Waals surface area contributed by atoms with Crippen molar-refractivity contribution in [3.63, 3.8) is 0 Å². The molecule has 1 rings (SSSR count). The van der Waals surface area contributed by atoms with Crippen LogP contribution in [0.15, 0.2) is 0 Å². The molecule has 0 bridgehead atoms. The summed E-state index contributed by atoms with van der Waals surface area (Å²) >= 11 is 0. The molecule has 0 aromatic heterocycles. The van der Waals surface area contributed by atoms with Crippen molar-refractivity contribution in [3.05, 3.63) is 0 Å². The number of hydrogen-bond donors (Lipinski definition) is 1. The van der Waals surface area contributed by atoms with Crippen LogP contribution in [0, 0.1) is 16.7 Å². The largest absolute Gasteiger partial charge is 0.469 e. The number of rotatable bonds is 4. The average molecular weight is 257 g/mol. The van der Waals surface area contributed by atoms with E-state index in [1.807, 2.05) is 0 Å². The summed E-state index contributed by atoms with van der Waals surface area (Å²) < 4.78 is 10.2. The highest BCUT2D eigenvalue weighted by Gasteiger charge is 2.46. The number of piperidine rings is 1. The van der Waals surface area contributed by atoms with Gasteiger partial charge in [-0.25, -0.2) is 0 Å². The van der Waals surface area contributed by atoms with E-state index in [4.69, 9.17) is 9.47 Å². The summed E-state index contributed by atoms with van der Waals surface area (Å²) in [6, 6.07) is 0. The Balaban J connectivity index is 2.85. The molecule has 2 atom stereocenters. The molecular weight excluding hydrogens is 230 g/mol. The normalized spacial score (nSPS) is 29.1. The Bertz CT molecular complexity index is 285. The SMILES string of the molecule is COCC[C@]1(C(=O)OC)CNC[C@H](C(C)(C)C)C1. The van der Waals surface area contributed by atoms with Crippen LogP contribution in [0.1, 0.15) is 33.6 Å². The van der Waals surface area contributed by atoms with Crippen LogP contribution in [0.4, 0.5) is 0 Å². The average Bonchev–Trinajstić information content (AvgIpc) is 2.34. The van der Waals surface area contributed by atoms with Crippen molar-refractivity contribution >= 4 is 5.97 Å². The Morgan fingerprint density at radius 2 is 2.06 bits per heavy atom. The van der Waals surface area contributed by atoms with Gasteiger partial charge < -0.3 is 14.8 Å². The van der Waals surface area contributed by atoms with Gasteiger partial charge in [0.1, 0.15) is 0 Å². The van der Waals surface area contributed by atoms with Crippen molar-refractivity contribution < 1.29 is 14.3 Å². The first kappa shape index (κ1) is 15.4. The molecule has 1 fully saturated rings. The van der Waals surface area contributed by atoms with Gasteiger partial charge in [-0.05, 0) is 30.7 Å². The molecule has 1 aliphatic rings. The third-order valence-corrected chi connectivity index (χ3v) is 4.12. The van der Waals surface area contributed by atoms with E-state index in [9.17, 15) is 4.79 Å². The number of hydrogen-bond acceptors (Lipinski definition) is 4. The predicted octanol–water partition coefficient (Wildman–Crippen LogP) is 1.84. The molecule has 0 saturated carbocycles. The number of carbonyl (C=O) groups excluding carboxylic acids is 1. The highest BCUT2D eigenvalue weighted by molar-refractivity contribution is 5.77. The quantitative estimate of drug-likeness (QED) is 0.781. The number of nitrogens with one attached hydrogen (secondary N) is 1. The molecule has 0 amide bonds. The van der Waals surface area contributed by atoms with Crippen molar-refractivity contribution in [2.24, 2.45) is 16.7 Å². The topological polar surface area (TPSA) is 47.6 Å². The first-order chi connectivity index (χ1) is 8.35. The zero-order chi connectivity index (χ0) is 13.8. The summed E-state index contributed by atoms with van der Waals surface area (Å²) in [5, 5.41) is 3.40. The van der Waals surface area contributed by atoms with E-state index in [2.05, 4.69) is 26.1 Å². The summed E-state index contributed by atoms with van der Waals surface area (Å²) in [6.45, 7) is 8.92. The number of carbonyl (C=O) groups is 1. The number of esters is 1. The molecule has 106 valence electrons. The fraction of sp³-hybridized carbons (Fsp3) is 0.929. The molecule has 1 aliphatic heterocycles. The molecule has 0 radical (unpaired) electrons. The Labute approximate surface area is 110 Å². The van der Waals surface area contributed by atoms with Gasteiger partial charge in [-0.3, -0.25) is 4.79 Å². The van der Waals surface area contributed by atoms with Crippen molar-refractivity contribution in [2.75, 3.05) is 33.9 Å². The van der Waals surface area contributed by atoms with Crippen LogP contribution in [0.2, 0.25) is 0 Å². The van der Waals surface area contributed by atoms with Gasteiger partial charge in [0, 0.05) is 20.3 Å². The van der Waals surface area contributed by atoms with E-state index in [1.165, 1.54) is 7.11 Å². The van der Waals surface area contributed by atoms with Crippen LogP contribution in [0.3, 0.4) is 0 Å². The van der Waals surface area contributed by atoms with Gasteiger partial charge in [0.25, 0.3) is 0 Å². The molecule has 0 spiro atoms. The Morgan fingerprint density at radius 1 is 1.39 bits per heavy atom.